The lowest BCUT2D eigenvalue weighted by atomic mass is 10.3. The van der Waals surface area contributed by atoms with E-state index in [1.165, 1.54) is 40.7 Å². The normalized spacial score (nSPS) is 10.5. The van der Waals surface area contributed by atoms with E-state index in [9.17, 15) is 14.0 Å². The van der Waals surface area contributed by atoms with Gasteiger partial charge in [0.2, 0.25) is 5.91 Å². The van der Waals surface area contributed by atoms with E-state index in [1.54, 1.807) is 7.05 Å². The number of amides is 1. The molecule has 0 saturated heterocycles. The molecule has 2 rings (SSSR count). The lowest BCUT2D eigenvalue weighted by Crippen LogP contribution is -2.33. The molecule has 0 atom stereocenters. The van der Waals surface area contributed by atoms with Gasteiger partial charge in [-0.25, -0.2) is 9.18 Å². The van der Waals surface area contributed by atoms with Crippen LogP contribution in [0.3, 0.4) is 0 Å². The minimum absolute atomic E-state index is 0.202. The SMILES string of the molecule is C[n+]1[nH]oc(=O)c1SCCC(=O)Nc1ccc(F)cc1. The molecule has 0 aliphatic carbocycles. The molecule has 2 N–H and O–H groups in total. The standard InChI is InChI=1S/C12H12FN3O3S/c1-16-11(12(18)19-15-16)20-7-6-10(17)14-9-4-2-8(13)3-5-9/h2-5H,6-7H2,1H3,(H-,14,15,17,18)/p+1. The largest absolute Gasteiger partial charge is 0.441 e. The quantitative estimate of drug-likeness (QED) is 0.639. The van der Waals surface area contributed by atoms with Crippen molar-refractivity contribution in [2.24, 2.45) is 7.05 Å². The van der Waals surface area contributed by atoms with Crippen molar-refractivity contribution in [3.63, 3.8) is 0 Å². The smallest absolute Gasteiger partial charge is 0.326 e. The number of anilines is 1. The first kappa shape index (κ1) is 14.3. The summed E-state index contributed by atoms with van der Waals surface area (Å²) in [6.45, 7) is 0. The number of benzene rings is 1. The summed E-state index contributed by atoms with van der Waals surface area (Å²) in [7, 11) is 1.64. The van der Waals surface area contributed by atoms with E-state index in [0.29, 0.717) is 16.5 Å². The third-order valence-corrected chi connectivity index (χ3v) is 3.57. The number of nitrogens with one attached hydrogen (secondary N) is 2. The number of carbonyl (C=O) groups excluding carboxylic acids is 1. The number of aromatic nitrogens is 2. The van der Waals surface area contributed by atoms with E-state index < -0.39 is 5.63 Å². The van der Waals surface area contributed by atoms with Gasteiger partial charge in [0.15, 0.2) is 7.05 Å². The topological polar surface area (TPSA) is 79.0 Å². The first-order valence-electron chi connectivity index (χ1n) is 5.82. The van der Waals surface area contributed by atoms with Gasteiger partial charge in [0.25, 0.3) is 0 Å². The fourth-order valence-corrected chi connectivity index (χ4v) is 2.36. The van der Waals surface area contributed by atoms with Gasteiger partial charge in [-0.1, -0.05) is 4.68 Å². The fraction of sp³-hybridized carbons (Fsp3) is 0.250. The molecule has 0 spiro atoms. The Morgan fingerprint density at radius 3 is 2.75 bits per heavy atom. The molecule has 1 aromatic heterocycles. The van der Waals surface area contributed by atoms with Crippen molar-refractivity contribution in [1.82, 2.24) is 5.27 Å². The molecule has 8 heteroatoms. The van der Waals surface area contributed by atoms with Crippen LogP contribution in [0, 0.1) is 5.82 Å². The molecule has 6 nitrogen and oxygen atoms in total. The summed E-state index contributed by atoms with van der Waals surface area (Å²) in [6, 6.07) is 5.52. The first-order chi connectivity index (χ1) is 9.56. The first-order valence-corrected chi connectivity index (χ1v) is 6.80. The molecule has 0 unspecified atom stereocenters. The van der Waals surface area contributed by atoms with Crippen molar-refractivity contribution in [3.05, 3.63) is 40.5 Å². The zero-order chi connectivity index (χ0) is 14.5. The monoisotopic (exact) mass is 298 g/mol. The maximum absolute atomic E-state index is 12.7. The minimum Gasteiger partial charge on any atom is -0.326 e. The number of aromatic amines is 1. The Labute approximate surface area is 117 Å². The summed E-state index contributed by atoms with van der Waals surface area (Å²) < 4.78 is 18.7. The van der Waals surface area contributed by atoms with Crippen LogP contribution in [0.15, 0.2) is 38.6 Å². The summed E-state index contributed by atoms with van der Waals surface area (Å²) >= 11 is 1.23. The van der Waals surface area contributed by atoms with Gasteiger partial charge in [-0.05, 0) is 41.3 Å². The number of rotatable bonds is 5. The van der Waals surface area contributed by atoms with Crippen molar-refractivity contribution in [2.45, 2.75) is 11.4 Å². The molecule has 0 bridgehead atoms. The average molecular weight is 298 g/mol. The van der Waals surface area contributed by atoms with E-state index in [2.05, 4.69) is 15.1 Å². The third-order valence-electron chi connectivity index (χ3n) is 2.45. The zero-order valence-corrected chi connectivity index (χ0v) is 11.5. The summed E-state index contributed by atoms with van der Waals surface area (Å²) in [5.74, 6) is -0.124. The van der Waals surface area contributed by atoms with E-state index >= 15 is 0 Å². The van der Waals surface area contributed by atoms with Gasteiger partial charge in [0.1, 0.15) is 5.82 Å². The predicted molar refractivity (Wildman–Crippen MR) is 70.9 cm³/mol. The van der Waals surface area contributed by atoms with Gasteiger partial charge in [0.05, 0.1) is 0 Å². The van der Waals surface area contributed by atoms with Crippen LogP contribution in [-0.2, 0) is 11.8 Å². The zero-order valence-electron chi connectivity index (χ0n) is 10.7. The lowest BCUT2D eigenvalue weighted by Gasteiger charge is -2.03. The van der Waals surface area contributed by atoms with E-state index in [0.717, 1.165) is 0 Å². The Morgan fingerprint density at radius 2 is 2.15 bits per heavy atom. The second-order valence-electron chi connectivity index (χ2n) is 4.00. The Kier molecular flexibility index (Phi) is 4.57. The maximum Gasteiger partial charge on any atom is 0.441 e. The number of hydrogen-bond acceptors (Lipinski definition) is 4. The molecular weight excluding hydrogens is 285 g/mol. The second-order valence-corrected chi connectivity index (χ2v) is 5.08. The number of carbonyl (C=O) groups is 1. The highest BCUT2D eigenvalue weighted by molar-refractivity contribution is 7.99. The molecule has 0 saturated carbocycles. The van der Waals surface area contributed by atoms with Crippen molar-refractivity contribution >= 4 is 23.4 Å². The van der Waals surface area contributed by atoms with Gasteiger partial charge in [-0.3, -0.25) is 9.32 Å². The minimum atomic E-state index is -0.462. The molecule has 0 aliphatic rings. The highest BCUT2D eigenvalue weighted by atomic mass is 32.2. The van der Waals surface area contributed by atoms with E-state index in [4.69, 9.17) is 0 Å². The van der Waals surface area contributed by atoms with Crippen LogP contribution >= 0.6 is 11.8 Å². The molecule has 106 valence electrons. The molecule has 1 heterocycles. The van der Waals surface area contributed by atoms with Crippen LogP contribution < -0.4 is 15.6 Å². The molecule has 20 heavy (non-hydrogen) atoms. The van der Waals surface area contributed by atoms with Crippen LogP contribution in [0.4, 0.5) is 10.1 Å². The van der Waals surface area contributed by atoms with Gasteiger partial charge >= 0.3 is 10.7 Å². The molecule has 0 radical (unpaired) electrons. The second kappa shape index (κ2) is 6.38. The van der Waals surface area contributed by atoms with E-state index in [1.807, 2.05) is 0 Å². The highest BCUT2D eigenvalue weighted by Crippen LogP contribution is 2.12. The molecule has 0 aliphatic heterocycles. The number of thioether (sulfide) groups is 1. The lowest BCUT2D eigenvalue weighted by molar-refractivity contribution is -0.772. The van der Waals surface area contributed by atoms with Crippen LogP contribution in [0.25, 0.3) is 0 Å². The van der Waals surface area contributed by atoms with Crippen LogP contribution in [0.5, 0.6) is 0 Å². The van der Waals surface area contributed by atoms with Gasteiger partial charge in [0, 0.05) is 17.9 Å². The van der Waals surface area contributed by atoms with Crippen LogP contribution in [0.1, 0.15) is 6.42 Å². The average Bonchev–Trinajstić information content (AvgIpc) is 2.73. The molecule has 2 aromatic rings. The Bertz CT molecular complexity index is 651. The van der Waals surface area contributed by atoms with Crippen molar-refractivity contribution < 1.29 is 18.4 Å². The Balaban J connectivity index is 1.81. The summed E-state index contributed by atoms with van der Waals surface area (Å²) in [5, 5.41) is 5.44. The maximum atomic E-state index is 12.7. The number of aryl methyl sites for hydroxylation is 1. The summed E-state index contributed by atoms with van der Waals surface area (Å²) in [6.07, 6.45) is 0.229. The molecular formula is C12H13FN3O3S+. The van der Waals surface area contributed by atoms with Gasteiger partial charge < -0.3 is 5.32 Å². The molecule has 0 fully saturated rings. The highest BCUT2D eigenvalue weighted by Gasteiger charge is 2.17. The number of hydrogen-bond donors (Lipinski definition) is 2. The van der Waals surface area contributed by atoms with Crippen LogP contribution in [0.2, 0.25) is 0 Å². The van der Waals surface area contributed by atoms with Crippen molar-refractivity contribution in [3.8, 4) is 0 Å². The number of nitrogens with zero attached hydrogens (tertiary/aromatic N) is 1. The van der Waals surface area contributed by atoms with Crippen molar-refractivity contribution in [1.29, 1.82) is 0 Å². The number of halogens is 1. The van der Waals surface area contributed by atoms with Crippen molar-refractivity contribution in [2.75, 3.05) is 11.1 Å². The molecule has 1 aromatic carbocycles. The van der Waals surface area contributed by atoms with Crippen LogP contribution in [-0.4, -0.2) is 16.9 Å². The van der Waals surface area contributed by atoms with Gasteiger partial charge in [-0.2, -0.15) is 0 Å². The fourth-order valence-electron chi connectivity index (χ4n) is 1.48. The van der Waals surface area contributed by atoms with Gasteiger partial charge in [-0.15, -0.1) is 0 Å². The Hall–Kier alpha value is -2.09. The van der Waals surface area contributed by atoms with E-state index in [-0.39, 0.29) is 18.1 Å². The summed E-state index contributed by atoms with van der Waals surface area (Å²) in [5.41, 5.74) is 0.0737. The predicted octanol–water partition coefficient (Wildman–Crippen LogP) is 1.05. The molecule has 1 amide bonds. The third kappa shape index (κ3) is 3.70. The summed E-state index contributed by atoms with van der Waals surface area (Å²) in [4.78, 5) is 22.9. The number of H-pyrrole nitrogens is 1. The Morgan fingerprint density at radius 1 is 1.45 bits per heavy atom.